The highest BCUT2D eigenvalue weighted by atomic mass is 32.2. The molecule has 1 N–H and O–H groups in total. The van der Waals surface area contributed by atoms with Crippen molar-refractivity contribution < 1.29 is 13.2 Å². The largest absolute Gasteiger partial charge is 0.352 e. The Kier molecular flexibility index (Phi) is 7.56. The van der Waals surface area contributed by atoms with Gasteiger partial charge in [0.05, 0.1) is 4.90 Å². The predicted molar refractivity (Wildman–Crippen MR) is 108 cm³/mol. The van der Waals surface area contributed by atoms with Gasteiger partial charge in [-0.2, -0.15) is 4.31 Å². The standard InChI is InChI=1S/C21H28N2O3S/c1-4-23(5-2)27(25,26)20-12-9-18(10-13-20)11-14-21(24)22-16-19-8-6-7-17(3)15-19/h6-10,12-13,15H,4-5,11,14,16H2,1-3H3,(H,22,24). The van der Waals surface area contributed by atoms with E-state index in [4.69, 9.17) is 0 Å². The van der Waals surface area contributed by atoms with Crippen molar-refractivity contribution in [2.24, 2.45) is 0 Å². The van der Waals surface area contributed by atoms with Crippen LogP contribution in [0.4, 0.5) is 0 Å². The van der Waals surface area contributed by atoms with Crippen molar-refractivity contribution >= 4 is 15.9 Å². The van der Waals surface area contributed by atoms with E-state index in [-0.39, 0.29) is 5.91 Å². The number of nitrogens with one attached hydrogen (secondary N) is 1. The van der Waals surface area contributed by atoms with Crippen LogP contribution < -0.4 is 5.32 Å². The Morgan fingerprint density at radius 1 is 1.00 bits per heavy atom. The lowest BCUT2D eigenvalue weighted by atomic mass is 10.1. The van der Waals surface area contributed by atoms with Crippen molar-refractivity contribution in [2.75, 3.05) is 13.1 Å². The Balaban J connectivity index is 1.88. The first kappa shape index (κ1) is 21.1. The van der Waals surface area contributed by atoms with Crippen LogP contribution in [0.3, 0.4) is 0 Å². The molecule has 0 aliphatic rings. The maximum absolute atomic E-state index is 12.5. The van der Waals surface area contributed by atoms with Crippen molar-refractivity contribution in [2.45, 2.75) is 45.1 Å². The molecule has 2 aromatic rings. The second-order valence-corrected chi connectivity index (χ2v) is 8.44. The van der Waals surface area contributed by atoms with Crippen molar-refractivity contribution in [1.82, 2.24) is 9.62 Å². The summed E-state index contributed by atoms with van der Waals surface area (Å²) in [5, 5.41) is 2.92. The fourth-order valence-electron chi connectivity index (χ4n) is 2.91. The van der Waals surface area contributed by atoms with Crippen LogP contribution in [0.15, 0.2) is 53.4 Å². The van der Waals surface area contributed by atoms with Crippen LogP contribution in [0, 0.1) is 6.92 Å². The van der Waals surface area contributed by atoms with Gasteiger partial charge >= 0.3 is 0 Å². The maximum Gasteiger partial charge on any atom is 0.243 e. The number of hydrogen-bond acceptors (Lipinski definition) is 3. The van der Waals surface area contributed by atoms with Crippen LogP contribution in [0.2, 0.25) is 0 Å². The predicted octanol–water partition coefficient (Wildman–Crippen LogP) is 3.27. The van der Waals surface area contributed by atoms with Crippen molar-refractivity contribution in [1.29, 1.82) is 0 Å². The van der Waals surface area contributed by atoms with Gasteiger partial charge in [-0.25, -0.2) is 8.42 Å². The zero-order valence-corrected chi connectivity index (χ0v) is 17.1. The summed E-state index contributed by atoms with van der Waals surface area (Å²) in [6.07, 6.45) is 0.944. The number of aryl methyl sites for hydroxylation is 2. The normalized spacial score (nSPS) is 11.6. The van der Waals surface area contributed by atoms with E-state index in [0.717, 1.165) is 11.1 Å². The van der Waals surface area contributed by atoms with Gasteiger partial charge in [-0.15, -0.1) is 0 Å². The van der Waals surface area contributed by atoms with Crippen molar-refractivity contribution in [3.05, 3.63) is 65.2 Å². The van der Waals surface area contributed by atoms with E-state index in [1.165, 1.54) is 9.87 Å². The fourth-order valence-corrected chi connectivity index (χ4v) is 4.37. The number of carbonyl (C=O) groups is 1. The number of amides is 1. The van der Waals surface area contributed by atoms with Gasteiger partial charge in [-0.1, -0.05) is 55.8 Å². The quantitative estimate of drug-likeness (QED) is 0.717. The van der Waals surface area contributed by atoms with E-state index in [2.05, 4.69) is 11.4 Å². The molecule has 0 aromatic heterocycles. The van der Waals surface area contributed by atoms with Gasteiger partial charge in [0.15, 0.2) is 0 Å². The summed E-state index contributed by atoms with van der Waals surface area (Å²) < 4.78 is 26.4. The lowest BCUT2D eigenvalue weighted by molar-refractivity contribution is -0.121. The summed E-state index contributed by atoms with van der Waals surface area (Å²) in [5.41, 5.74) is 3.19. The van der Waals surface area contributed by atoms with Gasteiger partial charge in [-0.3, -0.25) is 4.79 Å². The highest BCUT2D eigenvalue weighted by Crippen LogP contribution is 2.17. The first-order valence-electron chi connectivity index (χ1n) is 9.28. The molecule has 2 rings (SSSR count). The minimum Gasteiger partial charge on any atom is -0.352 e. The number of benzene rings is 2. The van der Waals surface area contributed by atoms with Crippen LogP contribution in [-0.2, 0) is 27.8 Å². The van der Waals surface area contributed by atoms with Gasteiger partial charge < -0.3 is 5.32 Å². The number of nitrogens with zero attached hydrogens (tertiary/aromatic N) is 1. The minimum absolute atomic E-state index is 0.0173. The minimum atomic E-state index is -3.44. The lowest BCUT2D eigenvalue weighted by Gasteiger charge is -2.18. The number of sulfonamides is 1. The third kappa shape index (κ3) is 5.91. The SMILES string of the molecule is CCN(CC)S(=O)(=O)c1ccc(CCC(=O)NCc2cccc(C)c2)cc1. The highest BCUT2D eigenvalue weighted by Gasteiger charge is 2.21. The molecule has 0 radical (unpaired) electrons. The summed E-state index contributed by atoms with van der Waals surface area (Å²) in [7, 11) is -3.44. The second-order valence-electron chi connectivity index (χ2n) is 6.50. The Morgan fingerprint density at radius 2 is 1.67 bits per heavy atom. The van der Waals surface area contributed by atoms with Crippen molar-refractivity contribution in [3.8, 4) is 0 Å². The first-order chi connectivity index (χ1) is 12.9. The smallest absolute Gasteiger partial charge is 0.243 e. The Bertz CT molecular complexity index is 857. The number of hydrogen-bond donors (Lipinski definition) is 1. The van der Waals surface area contributed by atoms with E-state index >= 15 is 0 Å². The fraction of sp³-hybridized carbons (Fsp3) is 0.381. The molecule has 27 heavy (non-hydrogen) atoms. The van der Waals surface area contributed by atoms with E-state index in [9.17, 15) is 13.2 Å². The van der Waals surface area contributed by atoms with Crippen LogP contribution in [0.1, 0.15) is 37.0 Å². The summed E-state index contributed by atoms with van der Waals surface area (Å²) >= 11 is 0. The summed E-state index contributed by atoms with van der Waals surface area (Å²) in [5.74, 6) is -0.0173. The van der Waals surface area contributed by atoms with Crippen LogP contribution in [0.5, 0.6) is 0 Å². The van der Waals surface area contributed by atoms with Crippen LogP contribution in [-0.4, -0.2) is 31.7 Å². The lowest BCUT2D eigenvalue weighted by Crippen LogP contribution is -2.30. The molecule has 0 bridgehead atoms. The third-order valence-corrected chi connectivity index (χ3v) is 6.54. The summed E-state index contributed by atoms with van der Waals surface area (Å²) in [6, 6.07) is 14.8. The zero-order valence-electron chi connectivity index (χ0n) is 16.2. The van der Waals surface area contributed by atoms with Gasteiger partial charge in [0, 0.05) is 26.1 Å². The molecule has 0 atom stereocenters. The molecule has 0 fully saturated rings. The van der Waals surface area contributed by atoms with Gasteiger partial charge in [0.25, 0.3) is 0 Å². The molecule has 0 saturated carbocycles. The molecule has 0 heterocycles. The van der Waals surface area contributed by atoms with Crippen molar-refractivity contribution in [3.63, 3.8) is 0 Å². The first-order valence-corrected chi connectivity index (χ1v) is 10.7. The van der Waals surface area contributed by atoms with E-state index in [0.29, 0.717) is 37.4 Å². The summed E-state index contributed by atoms with van der Waals surface area (Å²) in [6.45, 7) is 7.08. The average molecular weight is 389 g/mol. The number of carbonyl (C=O) groups excluding carboxylic acids is 1. The third-order valence-electron chi connectivity index (χ3n) is 4.48. The molecular formula is C21H28N2O3S. The molecule has 5 nitrogen and oxygen atoms in total. The molecular weight excluding hydrogens is 360 g/mol. The van der Waals surface area contributed by atoms with Gasteiger partial charge in [0.1, 0.15) is 0 Å². The number of rotatable bonds is 9. The maximum atomic E-state index is 12.5. The van der Waals surface area contributed by atoms with Gasteiger partial charge in [0.2, 0.25) is 15.9 Å². The second kappa shape index (κ2) is 9.67. The Morgan fingerprint density at radius 3 is 2.26 bits per heavy atom. The molecule has 0 unspecified atom stereocenters. The zero-order chi connectivity index (χ0) is 19.9. The molecule has 0 saturated heterocycles. The monoisotopic (exact) mass is 388 g/mol. The topological polar surface area (TPSA) is 66.5 Å². The summed E-state index contributed by atoms with van der Waals surface area (Å²) in [4.78, 5) is 12.3. The van der Waals surface area contributed by atoms with E-state index in [1.54, 1.807) is 24.3 Å². The van der Waals surface area contributed by atoms with Crippen LogP contribution >= 0.6 is 0 Å². The van der Waals surface area contributed by atoms with Crippen LogP contribution in [0.25, 0.3) is 0 Å². The Hall–Kier alpha value is -2.18. The molecule has 0 spiro atoms. The van der Waals surface area contributed by atoms with E-state index in [1.807, 2.05) is 39.0 Å². The molecule has 0 aliphatic carbocycles. The van der Waals surface area contributed by atoms with E-state index < -0.39 is 10.0 Å². The molecule has 146 valence electrons. The molecule has 1 amide bonds. The Labute approximate surface area is 162 Å². The average Bonchev–Trinajstić information content (AvgIpc) is 2.66. The van der Waals surface area contributed by atoms with Gasteiger partial charge in [-0.05, 0) is 36.6 Å². The molecule has 6 heteroatoms. The highest BCUT2D eigenvalue weighted by molar-refractivity contribution is 7.89. The molecule has 0 aliphatic heterocycles. The molecule has 2 aromatic carbocycles.